The van der Waals surface area contributed by atoms with Crippen LogP contribution in [0, 0.1) is 5.82 Å². The van der Waals surface area contributed by atoms with Gasteiger partial charge < -0.3 is 14.9 Å². The van der Waals surface area contributed by atoms with Crippen LogP contribution in [-0.2, 0) is 0 Å². The first kappa shape index (κ1) is 9.51. The number of hydrogen-bond donors (Lipinski definition) is 1. The highest BCUT2D eigenvalue weighted by atomic mass is 19.1. The van der Waals surface area contributed by atoms with E-state index in [0.29, 0.717) is 11.5 Å². The Hall–Kier alpha value is -2.04. The van der Waals surface area contributed by atoms with Crippen LogP contribution in [0.1, 0.15) is 0 Å². The summed E-state index contributed by atoms with van der Waals surface area (Å²) in [5.74, 6) is -0.181. The van der Waals surface area contributed by atoms with E-state index in [2.05, 4.69) is 4.98 Å². The number of oxazole rings is 1. The Kier molecular flexibility index (Phi) is 2.29. The van der Waals surface area contributed by atoms with Crippen molar-refractivity contribution in [2.75, 3.05) is 12.8 Å². The molecule has 0 atom stereocenters. The summed E-state index contributed by atoms with van der Waals surface area (Å²) < 4.78 is 23.3. The lowest BCUT2D eigenvalue weighted by Crippen LogP contribution is -1.96. The standard InChI is InChI=1S/C10H9FN2O2/c1-14-9-7(11)4-6(5-8(9)12)10-13-2-3-15-10/h2-5H,12H2,1H3. The largest absolute Gasteiger partial charge is 0.492 e. The highest BCUT2D eigenvalue weighted by Gasteiger charge is 2.12. The third kappa shape index (κ3) is 1.63. The lowest BCUT2D eigenvalue weighted by Gasteiger charge is -2.06. The molecule has 5 heteroatoms. The quantitative estimate of drug-likeness (QED) is 0.767. The average Bonchev–Trinajstić information content (AvgIpc) is 2.69. The van der Waals surface area contributed by atoms with Crippen molar-refractivity contribution in [1.29, 1.82) is 0 Å². The molecule has 0 amide bonds. The fraction of sp³-hybridized carbons (Fsp3) is 0.100. The molecule has 0 aliphatic heterocycles. The van der Waals surface area contributed by atoms with Gasteiger partial charge in [0, 0.05) is 5.56 Å². The molecule has 4 nitrogen and oxygen atoms in total. The van der Waals surface area contributed by atoms with Crippen molar-refractivity contribution in [1.82, 2.24) is 4.98 Å². The molecular formula is C10H9FN2O2. The lowest BCUT2D eigenvalue weighted by atomic mass is 10.2. The van der Waals surface area contributed by atoms with E-state index in [4.69, 9.17) is 14.9 Å². The molecule has 0 bridgehead atoms. The van der Waals surface area contributed by atoms with Gasteiger partial charge in [-0.05, 0) is 12.1 Å². The van der Waals surface area contributed by atoms with E-state index < -0.39 is 5.82 Å². The summed E-state index contributed by atoms with van der Waals surface area (Å²) in [5, 5.41) is 0. The van der Waals surface area contributed by atoms with Crippen LogP contribution in [0.3, 0.4) is 0 Å². The predicted octanol–water partition coefficient (Wildman–Crippen LogP) is 2.07. The number of benzene rings is 1. The number of nitrogen functional groups attached to an aromatic ring is 1. The summed E-state index contributed by atoms with van der Waals surface area (Å²) in [6.07, 6.45) is 2.89. The van der Waals surface area contributed by atoms with Gasteiger partial charge in [-0.25, -0.2) is 9.37 Å². The fourth-order valence-corrected chi connectivity index (χ4v) is 1.32. The summed E-state index contributed by atoms with van der Waals surface area (Å²) in [6.45, 7) is 0. The summed E-state index contributed by atoms with van der Waals surface area (Å²) in [5.41, 5.74) is 6.30. The zero-order valence-corrected chi connectivity index (χ0v) is 8.03. The van der Waals surface area contributed by atoms with Crippen LogP contribution in [-0.4, -0.2) is 12.1 Å². The van der Waals surface area contributed by atoms with Crippen molar-refractivity contribution in [3.63, 3.8) is 0 Å². The summed E-state index contributed by atoms with van der Waals surface area (Å²) in [7, 11) is 1.36. The molecule has 0 aliphatic carbocycles. The van der Waals surface area contributed by atoms with Gasteiger partial charge in [-0.2, -0.15) is 0 Å². The van der Waals surface area contributed by atoms with Crippen LogP contribution in [0.2, 0.25) is 0 Å². The number of hydrogen-bond acceptors (Lipinski definition) is 4. The van der Waals surface area contributed by atoms with Gasteiger partial charge in [0.05, 0.1) is 19.0 Å². The van der Waals surface area contributed by atoms with Crippen LogP contribution in [0.5, 0.6) is 5.75 Å². The van der Waals surface area contributed by atoms with Crippen molar-refractivity contribution < 1.29 is 13.5 Å². The third-order valence-corrected chi connectivity index (χ3v) is 1.96. The number of nitrogens with zero attached hydrogens (tertiary/aromatic N) is 1. The SMILES string of the molecule is COc1c(N)cc(-c2ncco2)cc1F. The molecule has 2 rings (SSSR count). The molecule has 15 heavy (non-hydrogen) atoms. The van der Waals surface area contributed by atoms with Crippen molar-refractivity contribution in [2.24, 2.45) is 0 Å². The maximum atomic E-state index is 13.4. The number of methoxy groups -OCH3 is 1. The predicted molar refractivity (Wildman–Crippen MR) is 52.9 cm³/mol. The molecule has 0 radical (unpaired) electrons. The zero-order valence-electron chi connectivity index (χ0n) is 8.03. The Bertz CT molecular complexity index is 445. The number of ether oxygens (including phenoxy) is 1. The minimum absolute atomic E-state index is 0.0327. The van der Waals surface area contributed by atoms with Gasteiger partial charge in [-0.1, -0.05) is 0 Å². The Morgan fingerprint density at radius 3 is 2.80 bits per heavy atom. The summed E-state index contributed by atoms with van der Waals surface area (Å²) in [4.78, 5) is 3.89. The molecule has 0 saturated heterocycles. The van der Waals surface area contributed by atoms with Gasteiger partial charge in [-0.15, -0.1) is 0 Å². The molecule has 1 heterocycles. The van der Waals surface area contributed by atoms with Crippen LogP contribution in [0.25, 0.3) is 11.5 Å². The summed E-state index contributed by atoms with van der Waals surface area (Å²) >= 11 is 0. The monoisotopic (exact) mass is 208 g/mol. The lowest BCUT2D eigenvalue weighted by molar-refractivity contribution is 0.389. The number of aromatic nitrogens is 1. The van der Waals surface area contributed by atoms with Crippen LogP contribution in [0.4, 0.5) is 10.1 Å². The Morgan fingerprint density at radius 2 is 2.27 bits per heavy atom. The van der Waals surface area contributed by atoms with E-state index in [0.717, 1.165) is 0 Å². The first-order valence-electron chi connectivity index (χ1n) is 4.25. The molecule has 1 aromatic carbocycles. The fourth-order valence-electron chi connectivity index (χ4n) is 1.32. The van der Waals surface area contributed by atoms with Crippen molar-refractivity contribution >= 4 is 5.69 Å². The second-order valence-corrected chi connectivity index (χ2v) is 2.92. The third-order valence-electron chi connectivity index (χ3n) is 1.96. The van der Waals surface area contributed by atoms with Gasteiger partial charge in [-0.3, -0.25) is 0 Å². The number of halogens is 1. The van der Waals surface area contributed by atoms with Crippen LogP contribution in [0.15, 0.2) is 29.0 Å². The number of rotatable bonds is 2. The van der Waals surface area contributed by atoms with E-state index in [9.17, 15) is 4.39 Å². The Labute approximate surface area is 85.5 Å². The van der Waals surface area contributed by atoms with Crippen molar-refractivity contribution in [3.05, 3.63) is 30.4 Å². The Balaban J connectivity index is 2.53. The van der Waals surface area contributed by atoms with E-state index in [1.165, 1.54) is 25.6 Å². The number of nitrogens with two attached hydrogens (primary N) is 1. The second-order valence-electron chi connectivity index (χ2n) is 2.92. The highest BCUT2D eigenvalue weighted by Crippen LogP contribution is 2.30. The number of anilines is 1. The van der Waals surface area contributed by atoms with Crippen molar-refractivity contribution in [2.45, 2.75) is 0 Å². The van der Waals surface area contributed by atoms with Gasteiger partial charge in [0.15, 0.2) is 11.6 Å². The topological polar surface area (TPSA) is 61.3 Å². The minimum atomic E-state index is -0.536. The van der Waals surface area contributed by atoms with Gasteiger partial charge in [0.2, 0.25) is 5.89 Å². The molecular weight excluding hydrogens is 199 g/mol. The molecule has 78 valence electrons. The smallest absolute Gasteiger partial charge is 0.226 e. The maximum Gasteiger partial charge on any atom is 0.226 e. The minimum Gasteiger partial charge on any atom is -0.492 e. The van der Waals surface area contributed by atoms with Gasteiger partial charge >= 0.3 is 0 Å². The first-order valence-corrected chi connectivity index (χ1v) is 4.25. The van der Waals surface area contributed by atoms with Gasteiger partial charge in [0.25, 0.3) is 0 Å². The highest BCUT2D eigenvalue weighted by molar-refractivity contribution is 5.65. The van der Waals surface area contributed by atoms with Crippen LogP contribution >= 0.6 is 0 Å². The van der Waals surface area contributed by atoms with E-state index in [1.807, 2.05) is 0 Å². The van der Waals surface area contributed by atoms with Crippen molar-refractivity contribution in [3.8, 4) is 17.2 Å². The van der Waals surface area contributed by atoms with E-state index in [1.54, 1.807) is 6.07 Å². The summed E-state index contributed by atoms with van der Waals surface area (Å²) in [6, 6.07) is 2.81. The zero-order chi connectivity index (χ0) is 10.8. The first-order chi connectivity index (χ1) is 7.22. The Morgan fingerprint density at radius 1 is 1.47 bits per heavy atom. The molecule has 0 aliphatic rings. The molecule has 0 unspecified atom stereocenters. The molecule has 2 N–H and O–H groups in total. The molecule has 0 fully saturated rings. The molecule has 0 spiro atoms. The molecule has 0 saturated carbocycles. The normalized spacial score (nSPS) is 10.3. The van der Waals surface area contributed by atoms with E-state index in [-0.39, 0.29) is 11.4 Å². The van der Waals surface area contributed by atoms with Crippen LogP contribution < -0.4 is 10.5 Å². The second kappa shape index (κ2) is 3.61. The molecule has 2 aromatic rings. The average molecular weight is 208 g/mol. The van der Waals surface area contributed by atoms with Gasteiger partial charge in [0.1, 0.15) is 6.26 Å². The molecule has 1 aromatic heterocycles. The maximum absolute atomic E-state index is 13.4. The van der Waals surface area contributed by atoms with E-state index >= 15 is 0 Å².